The lowest BCUT2D eigenvalue weighted by Crippen LogP contribution is -2.37. The highest BCUT2D eigenvalue weighted by molar-refractivity contribution is 5.93. The number of hydrogen-bond acceptors (Lipinski definition) is 9. The predicted molar refractivity (Wildman–Crippen MR) is 154 cm³/mol. The van der Waals surface area contributed by atoms with Gasteiger partial charge in [0.2, 0.25) is 0 Å². The van der Waals surface area contributed by atoms with Crippen molar-refractivity contribution in [2.24, 2.45) is 0 Å². The van der Waals surface area contributed by atoms with Crippen LogP contribution in [-0.2, 0) is 16.0 Å². The van der Waals surface area contributed by atoms with Crippen LogP contribution in [0.1, 0.15) is 18.4 Å². The minimum atomic E-state index is -0.0134. The van der Waals surface area contributed by atoms with Gasteiger partial charge in [0.1, 0.15) is 29.4 Å². The summed E-state index contributed by atoms with van der Waals surface area (Å²) in [4.78, 5) is 23.5. The molecule has 0 unspecified atom stereocenters. The average Bonchev–Trinajstić information content (AvgIpc) is 3.54. The van der Waals surface area contributed by atoms with Crippen LogP contribution in [0, 0.1) is 0 Å². The Labute approximate surface area is 233 Å². The summed E-state index contributed by atoms with van der Waals surface area (Å²) in [5.74, 6) is 2.76. The molecule has 0 spiro atoms. The highest BCUT2D eigenvalue weighted by Crippen LogP contribution is 2.35. The van der Waals surface area contributed by atoms with E-state index in [0.29, 0.717) is 31.0 Å². The number of aryl methyl sites for hydroxylation is 1. The first-order valence-electron chi connectivity index (χ1n) is 13.5. The molecule has 4 aromatic rings. The van der Waals surface area contributed by atoms with Crippen molar-refractivity contribution in [1.82, 2.24) is 14.9 Å². The third kappa shape index (κ3) is 6.67. The highest BCUT2D eigenvalue weighted by Gasteiger charge is 2.15. The molecule has 2 aromatic heterocycles. The van der Waals surface area contributed by atoms with Crippen molar-refractivity contribution in [3.8, 4) is 22.8 Å². The molecule has 3 heterocycles. The van der Waals surface area contributed by atoms with Gasteiger partial charge >= 0.3 is 0 Å². The van der Waals surface area contributed by atoms with E-state index in [4.69, 9.17) is 18.6 Å². The Kier molecular flexibility index (Phi) is 9.05. The van der Waals surface area contributed by atoms with Crippen molar-refractivity contribution in [1.29, 1.82) is 0 Å². The van der Waals surface area contributed by atoms with Gasteiger partial charge < -0.3 is 23.9 Å². The summed E-state index contributed by atoms with van der Waals surface area (Å²) in [5, 5.41) is 4.24. The van der Waals surface area contributed by atoms with Gasteiger partial charge in [0.05, 0.1) is 44.4 Å². The van der Waals surface area contributed by atoms with Crippen LogP contribution in [0.4, 0.5) is 11.5 Å². The number of ether oxygens (including phenoxy) is 3. The normalized spacial score (nSPS) is 13.7. The molecule has 1 N–H and O–H groups in total. The zero-order valence-electron chi connectivity index (χ0n) is 22.7. The molecule has 0 aliphatic carbocycles. The number of morpholine rings is 1. The second-order valence-electron chi connectivity index (χ2n) is 9.54. The molecule has 2 aromatic carbocycles. The smallest absolute Gasteiger partial charge is 0.155 e. The molecule has 9 heteroatoms. The Balaban J connectivity index is 1.41. The van der Waals surface area contributed by atoms with E-state index in [2.05, 4.69) is 26.8 Å². The fraction of sp³-hybridized carbons (Fsp3) is 0.323. The zero-order chi connectivity index (χ0) is 27.7. The maximum atomic E-state index is 12.1. The number of ketones is 1. The monoisotopic (exact) mass is 542 g/mol. The van der Waals surface area contributed by atoms with E-state index >= 15 is 0 Å². The van der Waals surface area contributed by atoms with Gasteiger partial charge in [-0.1, -0.05) is 6.58 Å². The Bertz CT molecular complexity index is 1450. The molecular formula is C31H34N4O5. The molecule has 1 fully saturated rings. The number of methoxy groups -OCH3 is 1. The summed E-state index contributed by atoms with van der Waals surface area (Å²) in [6.07, 6.45) is 6.28. The Morgan fingerprint density at radius 1 is 1.15 bits per heavy atom. The number of nitrogens with one attached hydrogen (secondary N) is 1. The first-order chi connectivity index (χ1) is 19.6. The van der Waals surface area contributed by atoms with Crippen LogP contribution in [0.3, 0.4) is 0 Å². The molecule has 0 saturated carbocycles. The number of aromatic nitrogens is 2. The zero-order valence-corrected chi connectivity index (χ0v) is 22.7. The number of anilines is 2. The topological polar surface area (TPSA) is 99.0 Å². The van der Waals surface area contributed by atoms with Crippen molar-refractivity contribution in [2.45, 2.75) is 19.3 Å². The van der Waals surface area contributed by atoms with E-state index in [1.807, 2.05) is 42.5 Å². The lowest BCUT2D eigenvalue weighted by Gasteiger charge is -2.26. The molecular weight excluding hydrogens is 508 g/mol. The fourth-order valence-corrected chi connectivity index (χ4v) is 4.74. The van der Waals surface area contributed by atoms with Gasteiger partial charge in [-0.2, -0.15) is 0 Å². The number of fused-ring (bicyclic) bond motifs is 1. The average molecular weight is 543 g/mol. The number of rotatable bonds is 13. The standard InChI is InChI=1S/C31H34N4O5/c1-3-24(36)9-7-22-18-25-26(20-30(22)40-15-5-11-35-12-16-38-17-13-35)32-21-33-31(25)34-27-19-23(8-10-29(27)37-2)28-6-4-14-39-28/h3-4,6,8,10,14,18-21H,1,5,7,9,11-13,15-17H2,2H3,(H,32,33,34). The molecule has 1 aliphatic rings. The van der Waals surface area contributed by atoms with Gasteiger partial charge in [-0.25, -0.2) is 9.97 Å². The summed E-state index contributed by atoms with van der Waals surface area (Å²) in [5.41, 5.74) is 3.30. The minimum absolute atomic E-state index is 0.0134. The van der Waals surface area contributed by atoms with Crippen LogP contribution in [0.15, 0.2) is 72.1 Å². The number of carbonyl (C=O) groups excluding carboxylic acids is 1. The molecule has 0 bridgehead atoms. The van der Waals surface area contributed by atoms with E-state index in [1.54, 1.807) is 13.4 Å². The second-order valence-corrected chi connectivity index (χ2v) is 9.54. The van der Waals surface area contributed by atoms with Gasteiger partial charge in [0.25, 0.3) is 0 Å². The molecule has 5 rings (SSSR count). The summed E-state index contributed by atoms with van der Waals surface area (Å²) in [6, 6.07) is 13.5. The van der Waals surface area contributed by atoms with Gasteiger partial charge in [-0.3, -0.25) is 9.69 Å². The van der Waals surface area contributed by atoms with Crippen LogP contribution in [0.2, 0.25) is 0 Å². The van der Waals surface area contributed by atoms with Crippen molar-refractivity contribution >= 4 is 28.2 Å². The fourth-order valence-electron chi connectivity index (χ4n) is 4.74. The molecule has 40 heavy (non-hydrogen) atoms. The van der Waals surface area contributed by atoms with Crippen LogP contribution in [-0.4, -0.2) is 67.2 Å². The van der Waals surface area contributed by atoms with E-state index in [9.17, 15) is 4.79 Å². The van der Waals surface area contributed by atoms with Crippen LogP contribution >= 0.6 is 0 Å². The molecule has 0 amide bonds. The van der Waals surface area contributed by atoms with Crippen LogP contribution in [0.25, 0.3) is 22.2 Å². The molecule has 0 radical (unpaired) electrons. The van der Waals surface area contributed by atoms with E-state index in [0.717, 1.165) is 78.5 Å². The van der Waals surface area contributed by atoms with Crippen LogP contribution < -0.4 is 14.8 Å². The lowest BCUT2D eigenvalue weighted by atomic mass is 10.0. The Morgan fingerprint density at radius 3 is 2.80 bits per heavy atom. The number of nitrogens with zero attached hydrogens (tertiary/aromatic N) is 3. The quantitative estimate of drug-likeness (QED) is 0.175. The van der Waals surface area contributed by atoms with Crippen molar-refractivity contribution in [2.75, 3.05) is 51.9 Å². The van der Waals surface area contributed by atoms with Crippen LogP contribution in [0.5, 0.6) is 11.5 Å². The maximum absolute atomic E-state index is 12.1. The molecule has 1 aliphatic heterocycles. The predicted octanol–water partition coefficient (Wildman–Crippen LogP) is 5.43. The first kappa shape index (κ1) is 27.4. The minimum Gasteiger partial charge on any atom is -0.495 e. The third-order valence-corrected chi connectivity index (χ3v) is 6.92. The number of allylic oxidation sites excluding steroid dienone is 1. The number of benzene rings is 2. The summed E-state index contributed by atoms with van der Waals surface area (Å²) in [6.45, 7) is 8.59. The molecule has 1 saturated heterocycles. The van der Waals surface area contributed by atoms with E-state index in [-0.39, 0.29) is 5.78 Å². The summed E-state index contributed by atoms with van der Waals surface area (Å²) < 4.78 is 22.9. The highest BCUT2D eigenvalue weighted by atomic mass is 16.5. The van der Waals surface area contributed by atoms with Crippen molar-refractivity contribution < 1.29 is 23.4 Å². The van der Waals surface area contributed by atoms with Crippen molar-refractivity contribution in [3.05, 3.63) is 73.3 Å². The second kappa shape index (κ2) is 13.2. The largest absolute Gasteiger partial charge is 0.495 e. The number of hydrogen-bond donors (Lipinski definition) is 1. The lowest BCUT2D eigenvalue weighted by molar-refractivity contribution is -0.114. The third-order valence-electron chi connectivity index (χ3n) is 6.92. The molecule has 208 valence electrons. The maximum Gasteiger partial charge on any atom is 0.155 e. The van der Waals surface area contributed by atoms with Gasteiger partial charge in [0, 0.05) is 43.1 Å². The molecule has 0 atom stereocenters. The summed E-state index contributed by atoms with van der Waals surface area (Å²) in [7, 11) is 1.63. The van der Waals surface area contributed by atoms with Crippen molar-refractivity contribution in [3.63, 3.8) is 0 Å². The van der Waals surface area contributed by atoms with Gasteiger partial charge in [-0.05, 0) is 60.9 Å². The molecule has 9 nitrogen and oxygen atoms in total. The summed E-state index contributed by atoms with van der Waals surface area (Å²) >= 11 is 0. The Morgan fingerprint density at radius 2 is 2.02 bits per heavy atom. The van der Waals surface area contributed by atoms with E-state index in [1.165, 1.54) is 12.4 Å². The Hall–Kier alpha value is -4.21. The number of carbonyl (C=O) groups is 1. The SMILES string of the molecule is C=CC(=O)CCc1cc2c(Nc3cc(-c4ccco4)ccc3OC)ncnc2cc1OCCCN1CCOCC1. The van der Waals surface area contributed by atoms with Gasteiger partial charge in [-0.15, -0.1) is 0 Å². The van der Waals surface area contributed by atoms with E-state index < -0.39 is 0 Å². The number of furan rings is 1. The first-order valence-corrected chi connectivity index (χ1v) is 13.5. The van der Waals surface area contributed by atoms with Gasteiger partial charge in [0.15, 0.2) is 5.78 Å².